The van der Waals surface area contributed by atoms with Gasteiger partial charge in [0.1, 0.15) is 5.76 Å². The summed E-state index contributed by atoms with van der Waals surface area (Å²) >= 11 is 5.76. The van der Waals surface area contributed by atoms with E-state index < -0.39 is 17.8 Å². The number of benzene rings is 1. The second kappa shape index (κ2) is 6.45. The van der Waals surface area contributed by atoms with E-state index in [1.807, 2.05) is 0 Å². The van der Waals surface area contributed by atoms with E-state index in [2.05, 4.69) is 4.98 Å². The van der Waals surface area contributed by atoms with Gasteiger partial charge >= 0.3 is 5.97 Å². The molecule has 1 aliphatic rings. The molecule has 1 aliphatic heterocycles. The number of alkyl halides is 1. The van der Waals surface area contributed by atoms with Crippen LogP contribution >= 0.6 is 11.6 Å². The molecule has 24 heavy (non-hydrogen) atoms. The number of amides is 2. The largest absolute Gasteiger partial charge is 0.441 e. The number of imide groups is 1. The summed E-state index contributed by atoms with van der Waals surface area (Å²) in [6.07, 6.45) is 0.106. The first-order valence-corrected chi connectivity index (χ1v) is 7.74. The van der Waals surface area contributed by atoms with E-state index in [0.29, 0.717) is 28.0 Å². The summed E-state index contributed by atoms with van der Waals surface area (Å²) in [5.41, 5.74) is 1.52. The van der Waals surface area contributed by atoms with Gasteiger partial charge in [-0.3, -0.25) is 9.59 Å². The van der Waals surface area contributed by atoms with Gasteiger partial charge in [-0.05, 0) is 31.2 Å². The van der Waals surface area contributed by atoms with Crippen molar-refractivity contribution in [3.63, 3.8) is 0 Å². The molecule has 7 nitrogen and oxygen atoms in total. The number of halogens is 1. The maximum atomic E-state index is 12.0. The Balaban J connectivity index is 1.75. The molecule has 2 heterocycles. The van der Waals surface area contributed by atoms with Crippen molar-refractivity contribution in [2.45, 2.75) is 25.6 Å². The summed E-state index contributed by atoms with van der Waals surface area (Å²) in [5, 5.41) is 0.514. The van der Waals surface area contributed by atoms with Crippen LogP contribution in [0.3, 0.4) is 0 Å². The number of oxazole rings is 1. The SMILES string of the molecule is Cc1oc(-c2ccc(C(=O)ON3C(=O)CCC3=O)cc2)nc1CCl. The summed E-state index contributed by atoms with van der Waals surface area (Å²) in [4.78, 5) is 44.0. The fourth-order valence-corrected chi connectivity index (χ4v) is 2.47. The molecule has 1 aromatic carbocycles. The summed E-state index contributed by atoms with van der Waals surface area (Å²) < 4.78 is 5.52. The number of hydrogen-bond donors (Lipinski definition) is 0. The summed E-state index contributed by atoms with van der Waals surface area (Å²) in [7, 11) is 0. The van der Waals surface area contributed by atoms with Gasteiger partial charge < -0.3 is 9.25 Å². The van der Waals surface area contributed by atoms with Crippen LogP contribution < -0.4 is 0 Å². The van der Waals surface area contributed by atoms with Crippen LogP contribution in [-0.2, 0) is 20.3 Å². The minimum absolute atomic E-state index is 0.0530. The number of aromatic nitrogens is 1. The molecule has 0 aliphatic carbocycles. The summed E-state index contributed by atoms with van der Waals surface area (Å²) in [6.45, 7) is 1.77. The predicted octanol–water partition coefficient (Wildman–Crippen LogP) is 2.61. The Morgan fingerprint density at radius 2 is 1.88 bits per heavy atom. The van der Waals surface area contributed by atoms with Crippen molar-refractivity contribution in [2.24, 2.45) is 0 Å². The van der Waals surface area contributed by atoms with Crippen LogP contribution in [0.25, 0.3) is 11.5 Å². The third-order valence-electron chi connectivity index (χ3n) is 3.57. The van der Waals surface area contributed by atoms with Gasteiger partial charge in [-0.2, -0.15) is 0 Å². The average Bonchev–Trinajstić information content (AvgIpc) is 3.11. The number of nitrogens with zero attached hydrogens (tertiary/aromatic N) is 2. The number of carbonyl (C=O) groups excluding carboxylic acids is 3. The van der Waals surface area contributed by atoms with Gasteiger partial charge in [-0.25, -0.2) is 9.78 Å². The molecular weight excluding hydrogens is 336 g/mol. The van der Waals surface area contributed by atoms with Crippen molar-refractivity contribution in [1.82, 2.24) is 10.0 Å². The molecule has 2 amide bonds. The van der Waals surface area contributed by atoms with E-state index in [9.17, 15) is 14.4 Å². The van der Waals surface area contributed by atoms with Gasteiger partial charge in [0.25, 0.3) is 11.8 Å². The zero-order valence-corrected chi connectivity index (χ0v) is 13.5. The molecule has 0 saturated carbocycles. The van der Waals surface area contributed by atoms with Gasteiger partial charge in [-0.15, -0.1) is 16.7 Å². The highest BCUT2D eigenvalue weighted by Crippen LogP contribution is 2.23. The minimum atomic E-state index is -0.782. The van der Waals surface area contributed by atoms with Crippen LogP contribution in [0.1, 0.15) is 34.7 Å². The average molecular weight is 349 g/mol. The second-order valence-corrected chi connectivity index (χ2v) is 5.46. The highest BCUT2D eigenvalue weighted by atomic mass is 35.5. The minimum Gasteiger partial charge on any atom is -0.441 e. The molecule has 1 aromatic heterocycles. The molecular formula is C16H13ClN2O5. The zero-order valence-electron chi connectivity index (χ0n) is 12.7. The second-order valence-electron chi connectivity index (χ2n) is 5.19. The van der Waals surface area contributed by atoms with Crippen LogP contribution in [0.2, 0.25) is 0 Å². The van der Waals surface area contributed by atoms with Crippen molar-refractivity contribution in [3.8, 4) is 11.5 Å². The van der Waals surface area contributed by atoms with Crippen LogP contribution in [-0.4, -0.2) is 27.8 Å². The Labute approximate surface area is 142 Å². The molecule has 0 atom stereocenters. The van der Waals surface area contributed by atoms with Crippen molar-refractivity contribution in [1.29, 1.82) is 0 Å². The van der Waals surface area contributed by atoms with Gasteiger partial charge in [0.15, 0.2) is 0 Å². The van der Waals surface area contributed by atoms with Gasteiger partial charge in [0, 0.05) is 18.4 Å². The molecule has 0 spiro atoms. The standard InChI is InChI=1S/C16H13ClN2O5/c1-9-12(8-17)18-15(23-9)10-2-4-11(5-3-10)16(22)24-19-13(20)6-7-14(19)21/h2-5H,6-8H2,1H3. The third kappa shape index (κ3) is 3.03. The van der Waals surface area contributed by atoms with Crippen molar-refractivity contribution >= 4 is 29.4 Å². The molecule has 2 aromatic rings. The molecule has 0 bridgehead atoms. The van der Waals surface area contributed by atoms with Crippen LogP contribution in [0.15, 0.2) is 28.7 Å². The Hall–Kier alpha value is -2.67. The van der Waals surface area contributed by atoms with Gasteiger partial charge in [0.05, 0.1) is 17.1 Å². The van der Waals surface area contributed by atoms with Crippen LogP contribution in [0, 0.1) is 6.92 Å². The van der Waals surface area contributed by atoms with E-state index in [0.717, 1.165) is 0 Å². The van der Waals surface area contributed by atoms with Crippen molar-refractivity contribution < 1.29 is 23.6 Å². The van der Waals surface area contributed by atoms with Gasteiger partial charge in [0.2, 0.25) is 5.89 Å². The third-order valence-corrected chi connectivity index (χ3v) is 3.82. The summed E-state index contributed by atoms with van der Waals surface area (Å²) in [6, 6.07) is 6.27. The maximum Gasteiger partial charge on any atom is 0.363 e. The van der Waals surface area contributed by atoms with E-state index >= 15 is 0 Å². The Morgan fingerprint density at radius 3 is 2.42 bits per heavy atom. The zero-order chi connectivity index (χ0) is 17.3. The van der Waals surface area contributed by atoms with E-state index in [4.69, 9.17) is 20.9 Å². The number of rotatable bonds is 4. The fraction of sp³-hybridized carbons (Fsp3) is 0.250. The molecule has 124 valence electrons. The molecule has 1 fully saturated rings. The first-order valence-electron chi connectivity index (χ1n) is 7.20. The maximum absolute atomic E-state index is 12.0. The van der Waals surface area contributed by atoms with Gasteiger partial charge in [-0.1, -0.05) is 0 Å². The highest BCUT2D eigenvalue weighted by Gasteiger charge is 2.33. The van der Waals surface area contributed by atoms with Crippen LogP contribution in [0.5, 0.6) is 0 Å². The number of hydrogen-bond acceptors (Lipinski definition) is 6. The number of carbonyl (C=O) groups is 3. The normalized spacial score (nSPS) is 14.3. The van der Waals surface area contributed by atoms with E-state index in [1.165, 1.54) is 12.1 Å². The quantitative estimate of drug-likeness (QED) is 0.623. The lowest BCUT2D eigenvalue weighted by Crippen LogP contribution is -2.32. The lowest BCUT2D eigenvalue weighted by molar-refractivity contribution is -0.172. The topological polar surface area (TPSA) is 89.7 Å². The lowest BCUT2D eigenvalue weighted by atomic mass is 10.1. The number of hydroxylamine groups is 2. The molecule has 0 N–H and O–H groups in total. The van der Waals surface area contributed by atoms with Crippen molar-refractivity contribution in [3.05, 3.63) is 41.3 Å². The lowest BCUT2D eigenvalue weighted by Gasteiger charge is -2.12. The van der Waals surface area contributed by atoms with Crippen LogP contribution in [0.4, 0.5) is 0 Å². The molecule has 8 heteroatoms. The highest BCUT2D eigenvalue weighted by molar-refractivity contribution is 6.17. The smallest absolute Gasteiger partial charge is 0.363 e. The fourth-order valence-electron chi connectivity index (χ4n) is 2.22. The first-order chi connectivity index (χ1) is 11.5. The molecule has 1 saturated heterocycles. The van der Waals surface area contributed by atoms with Crippen molar-refractivity contribution in [2.75, 3.05) is 0 Å². The Morgan fingerprint density at radius 1 is 1.25 bits per heavy atom. The number of aryl methyl sites for hydroxylation is 1. The molecule has 0 unspecified atom stereocenters. The van der Waals surface area contributed by atoms with E-state index in [-0.39, 0.29) is 24.3 Å². The monoisotopic (exact) mass is 348 g/mol. The Bertz CT molecular complexity index is 796. The Kier molecular flexibility index (Phi) is 4.35. The predicted molar refractivity (Wildman–Crippen MR) is 82.7 cm³/mol. The first kappa shape index (κ1) is 16.2. The molecule has 0 radical (unpaired) electrons. The van der Waals surface area contributed by atoms with E-state index in [1.54, 1.807) is 19.1 Å². The molecule has 3 rings (SSSR count). The summed E-state index contributed by atoms with van der Waals surface area (Å²) in [5.74, 6) is -0.544.